The van der Waals surface area contributed by atoms with Gasteiger partial charge in [-0.1, -0.05) is 0 Å². The van der Waals surface area contributed by atoms with Crippen molar-refractivity contribution in [2.45, 2.75) is 26.4 Å². The smallest absolute Gasteiger partial charge is 0.412 e. The van der Waals surface area contributed by atoms with Gasteiger partial charge >= 0.3 is 6.09 Å². The number of nitrogens with one attached hydrogen (secondary N) is 1. The molecule has 1 aromatic carbocycles. The summed E-state index contributed by atoms with van der Waals surface area (Å²) in [5, 5.41) is 14.9. The first kappa shape index (κ1) is 16.9. The van der Waals surface area contributed by atoms with Gasteiger partial charge in [0.15, 0.2) is 16.6 Å². The topological polar surface area (TPSA) is 107 Å². The van der Waals surface area contributed by atoms with Crippen LogP contribution < -0.4 is 15.8 Å². The molecule has 1 heterocycles. The normalized spacial score (nSPS) is 11.1. The number of ether oxygens (including phenoxy) is 2. The summed E-state index contributed by atoms with van der Waals surface area (Å²) < 4.78 is 10.3. The van der Waals surface area contributed by atoms with E-state index in [0.717, 1.165) is 0 Å². The third-order valence-electron chi connectivity index (χ3n) is 2.75. The third kappa shape index (κ3) is 4.26. The average Bonchev–Trinajstić information content (AvgIpc) is 2.85. The highest BCUT2D eigenvalue weighted by Crippen LogP contribution is 2.39. The van der Waals surface area contributed by atoms with Crippen molar-refractivity contribution in [1.29, 1.82) is 0 Å². The number of aromatic nitrogens is 1. The molecule has 0 aliphatic carbocycles. The van der Waals surface area contributed by atoms with Crippen LogP contribution in [-0.4, -0.2) is 28.9 Å². The van der Waals surface area contributed by atoms with Crippen LogP contribution >= 0.6 is 11.3 Å². The number of hydrogen-bond donors (Lipinski definition) is 3. The van der Waals surface area contributed by atoms with Crippen LogP contribution in [0.25, 0.3) is 11.3 Å². The summed E-state index contributed by atoms with van der Waals surface area (Å²) in [6, 6.07) is 3.19. The van der Waals surface area contributed by atoms with Gasteiger partial charge in [0, 0.05) is 10.9 Å². The highest BCUT2D eigenvalue weighted by atomic mass is 32.1. The first-order valence-electron chi connectivity index (χ1n) is 6.82. The minimum absolute atomic E-state index is 0.167. The Hall–Kier alpha value is -2.48. The summed E-state index contributed by atoms with van der Waals surface area (Å²) in [5.41, 5.74) is 6.44. The number of hydrogen-bond acceptors (Lipinski definition) is 7. The number of rotatable bonds is 3. The molecule has 2 rings (SSSR count). The maximum Gasteiger partial charge on any atom is 0.412 e. The van der Waals surface area contributed by atoms with Crippen molar-refractivity contribution in [3.8, 4) is 22.8 Å². The fourth-order valence-electron chi connectivity index (χ4n) is 1.84. The second-order valence-electron chi connectivity index (χ2n) is 5.77. The number of amides is 1. The van der Waals surface area contributed by atoms with Gasteiger partial charge in [-0.2, -0.15) is 0 Å². The van der Waals surface area contributed by atoms with Crippen molar-refractivity contribution in [2.75, 3.05) is 18.2 Å². The molecule has 2 aromatic rings. The maximum absolute atomic E-state index is 11.9. The number of benzene rings is 1. The van der Waals surface area contributed by atoms with E-state index in [9.17, 15) is 9.90 Å². The SMILES string of the molecule is COc1cc(-c2csc(N)n2)cc(NC(=O)OC(C)(C)C)c1O. The van der Waals surface area contributed by atoms with E-state index < -0.39 is 11.7 Å². The summed E-state index contributed by atoms with van der Waals surface area (Å²) in [6.07, 6.45) is -0.676. The minimum Gasteiger partial charge on any atom is -0.503 e. The first-order valence-corrected chi connectivity index (χ1v) is 7.70. The van der Waals surface area contributed by atoms with Crippen LogP contribution in [0.2, 0.25) is 0 Å². The van der Waals surface area contributed by atoms with E-state index in [4.69, 9.17) is 15.2 Å². The Labute approximate surface area is 138 Å². The molecule has 0 unspecified atom stereocenters. The molecule has 23 heavy (non-hydrogen) atoms. The molecule has 0 aliphatic rings. The van der Waals surface area contributed by atoms with E-state index in [1.54, 1.807) is 38.3 Å². The molecule has 0 bridgehead atoms. The van der Waals surface area contributed by atoms with Crippen molar-refractivity contribution < 1.29 is 19.4 Å². The molecular weight excluding hydrogens is 318 g/mol. The molecule has 0 atom stereocenters. The van der Waals surface area contributed by atoms with E-state index in [1.807, 2.05) is 0 Å². The van der Waals surface area contributed by atoms with Crippen LogP contribution in [0.15, 0.2) is 17.5 Å². The molecule has 8 heteroatoms. The van der Waals surface area contributed by atoms with Gasteiger partial charge < -0.3 is 20.3 Å². The molecular formula is C15H19N3O4S. The molecule has 4 N–H and O–H groups in total. The summed E-state index contributed by atoms with van der Waals surface area (Å²) in [5.74, 6) is 0.0189. The summed E-state index contributed by atoms with van der Waals surface area (Å²) in [7, 11) is 1.42. The second kappa shape index (κ2) is 6.33. The van der Waals surface area contributed by atoms with Gasteiger partial charge in [0.25, 0.3) is 0 Å². The summed E-state index contributed by atoms with van der Waals surface area (Å²) in [6.45, 7) is 5.25. The molecule has 7 nitrogen and oxygen atoms in total. The largest absolute Gasteiger partial charge is 0.503 e. The van der Waals surface area contributed by atoms with E-state index >= 15 is 0 Å². The number of methoxy groups -OCH3 is 1. The summed E-state index contributed by atoms with van der Waals surface area (Å²) >= 11 is 1.30. The quantitative estimate of drug-likeness (QED) is 0.741. The van der Waals surface area contributed by atoms with Crippen LogP contribution in [0.3, 0.4) is 0 Å². The molecule has 124 valence electrons. The molecule has 1 amide bonds. The Bertz CT molecular complexity index is 722. The third-order valence-corrected chi connectivity index (χ3v) is 3.42. The lowest BCUT2D eigenvalue weighted by Gasteiger charge is -2.20. The van der Waals surface area contributed by atoms with Gasteiger partial charge in [0.2, 0.25) is 0 Å². The monoisotopic (exact) mass is 337 g/mol. The van der Waals surface area contributed by atoms with Crippen molar-refractivity contribution in [2.24, 2.45) is 0 Å². The Morgan fingerprint density at radius 2 is 2.09 bits per heavy atom. The molecule has 0 fully saturated rings. The number of nitrogens with two attached hydrogens (primary N) is 1. The zero-order chi connectivity index (χ0) is 17.2. The van der Waals surface area contributed by atoms with Crippen LogP contribution in [0.5, 0.6) is 11.5 Å². The molecule has 0 saturated carbocycles. The number of aromatic hydroxyl groups is 1. The van der Waals surface area contributed by atoms with Gasteiger partial charge in [0.1, 0.15) is 5.60 Å². The van der Waals surface area contributed by atoms with E-state index in [1.165, 1.54) is 18.4 Å². The Morgan fingerprint density at radius 1 is 1.39 bits per heavy atom. The Kier molecular flexibility index (Phi) is 4.65. The summed E-state index contributed by atoms with van der Waals surface area (Å²) in [4.78, 5) is 16.1. The standard InChI is InChI=1S/C15H19N3O4S/c1-15(2,3)22-14(20)18-9-5-8(6-11(21-4)12(9)19)10-7-23-13(16)17-10/h5-7,19H,1-4H3,(H2,16,17)(H,18,20). The number of nitrogen functional groups attached to an aromatic ring is 1. The lowest BCUT2D eigenvalue weighted by atomic mass is 10.1. The van der Waals surface area contributed by atoms with Crippen molar-refractivity contribution in [1.82, 2.24) is 4.98 Å². The van der Waals surface area contributed by atoms with Crippen molar-refractivity contribution in [3.05, 3.63) is 17.5 Å². The van der Waals surface area contributed by atoms with Gasteiger partial charge in [0.05, 0.1) is 18.5 Å². The van der Waals surface area contributed by atoms with Gasteiger partial charge in [-0.15, -0.1) is 11.3 Å². The predicted octanol–water partition coefficient (Wildman–Crippen LogP) is 3.45. The van der Waals surface area contributed by atoms with Gasteiger partial charge in [-0.05, 0) is 32.9 Å². The highest BCUT2D eigenvalue weighted by Gasteiger charge is 2.19. The minimum atomic E-state index is -0.676. The van der Waals surface area contributed by atoms with Gasteiger partial charge in [-0.25, -0.2) is 9.78 Å². The highest BCUT2D eigenvalue weighted by molar-refractivity contribution is 7.13. The Morgan fingerprint density at radius 3 is 2.61 bits per heavy atom. The lowest BCUT2D eigenvalue weighted by molar-refractivity contribution is 0.0635. The zero-order valence-corrected chi connectivity index (χ0v) is 14.2. The van der Waals surface area contributed by atoms with Crippen molar-refractivity contribution >= 4 is 28.2 Å². The number of thiazole rings is 1. The fourth-order valence-corrected chi connectivity index (χ4v) is 2.41. The molecule has 0 saturated heterocycles. The molecule has 0 aliphatic heterocycles. The number of carbonyl (C=O) groups excluding carboxylic acids is 1. The van der Waals surface area contributed by atoms with Crippen LogP contribution in [0.1, 0.15) is 20.8 Å². The van der Waals surface area contributed by atoms with Crippen molar-refractivity contribution in [3.63, 3.8) is 0 Å². The number of anilines is 2. The lowest BCUT2D eigenvalue weighted by Crippen LogP contribution is -2.27. The number of nitrogens with zero attached hydrogens (tertiary/aromatic N) is 1. The fraction of sp³-hybridized carbons (Fsp3) is 0.333. The van der Waals surface area contributed by atoms with E-state index in [0.29, 0.717) is 16.4 Å². The van der Waals surface area contributed by atoms with E-state index in [-0.39, 0.29) is 17.2 Å². The zero-order valence-electron chi connectivity index (χ0n) is 13.3. The van der Waals surface area contributed by atoms with Crippen LogP contribution in [0, 0.1) is 0 Å². The van der Waals surface area contributed by atoms with Crippen LogP contribution in [0.4, 0.5) is 15.6 Å². The predicted molar refractivity (Wildman–Crippen MR) is 90.0 cm³/mol. The van der Waals surface area contributed by atoms with Crippen LogP contribution in [-0.2, 0) is 4.74 Å². The van der Waals surface area contributed by atoms with Gasteiger partial charge in [-0.3, -0.25) is 5.32 Å². The molecule has 1 aromatic heterocycles. The molecule has 0 radical (unpaired) electrons. The molecule has 0 spiro atoms. The van der Waals surface area contributed by atoms with E-state index in [2.05, 4.69) is 10.3 Å². The number of carbonyl (C=O) groups is 1. The number of phenolic OH excluding ortho intramolecular Hbond substituents is 1. The average molecular weight is 337 g/mol. The second-order valence-corrected chi connectivity index (χ2v) is 6.66. The Balaban J connectivity index is 2.36. The first-order chi connectivity index (χ1) is 10.7. The maximum atomic E-state index is 11.9. The number of phenols is 1.